The normalized spacial score (nSPS) is 10.4. The molecule has 0 unspecified atom stereocenters. The van der Waals surface area contributed by atoms with E-state index >= 15 is 0 Å². The largest absolute Gasteiger partial charge is 0.312 e. The first-order valence-corrected chi connectivity index (χ1v) is 12.2. The molecule has 176 valence electrons. The van der Waals surface area contributed by atoms with Gasteiger partial charge in [0.15, 0.2) is 0 Å². The Kier molecular flexibility index (Phi) is 12.2. The molecule has 0 bridgehead atoms. The third-order valence-electron chi connectivity index (χ3n) is 5.43. The Bertz CT molecular complexity index is 905. The SMILES string of the molecule is c1ccc(CCNCc2ccccc2)cc1.c1ccc(CNCCNCc2ccccc2)cc1. The highest BCUT2D eigenvalue weighted by Gasteiger charge is 1.93. The van der Waals surface area contributed by atoms with Gasteiger partial charge in [0.25, 0.3) is 0 Å². The van der Waals surface area contributed by atoms with E-state index in [9.17, 15) is 0 Å². The Balaban J connectivity index is 0.000000192. The zero-order valence-corrected chi connectivity index (χ0v) is 20.0. The van der Waals surface area contributed by atoms with E-state index in [1.54, 1.807) is 0 Å². The highest BCUT2D eigenvalue weighted by atomic mass is 14.9. The maximum absolute atomic E-state index is 3.45. The number of hydrogen-bond acceptors (Lipinski definition) is 3. The van der Waals surface area contributed by atoms with E-state index in [1.807, 2.05) is 18.2 Å². The molecule has 4 aromatic carbocycles. The molecule has 0 aliphatic heterocycles. The van der Waals surface area contributed by atoms with Crippen molar-refractivity contribution in [2.45, 2.75) is 26.1 Å². The zero-order chi connectivity index (χ0) is 23.5. The second-order valence-electron chi connectivity index (χ2n) is 8.22. The van der Waals surface area contributed by atoms with Gasteiger partial charge in [-0.2, -0.15) is 0 Å². The summed E-state index contributed by atoms with van der Waals surface area (Å²) in [5, 5.41) is 10.3. The topological polar surface area (TPSA) is 36.1 Å². The van der Waals surface area contributed by atoms with Gasteiger partial charge in [-0.05, 0) is 35.2 Å². The third-order valence-corrected chi connectivity index (χ3v) is 5.43. The van der Waals surface area contributed by atoms with E-state index in [0.717, 1.165) is 45.7 Å². The molecule has 4 aromatic rings. The lowest BCUT2D eigenvalue weighted by atomic mass is 10.1. The number of benzene rings is 4. The lowest BCUT2D eigenvalue weighted by molar-refractivity contribution is 0.611. The van der Waals surface area contributed by atoms with E-state index < -0.39 is 0 Å². The van der Waals surface area contributed by atoms with Gasteiger partial charge in [-0.25, -0.2) is 0 Å². The van der Waals surface area contributed by atoms with E-state index in [1.165, 1.54) is 22.3 Å². The fourth-order valence-electron chi connectivity index (χ4n) is 3.54. The first-order chi connectivity index (χ1) is 16.9. The standard InChI is InChI=1S/C16H20N2.C15H17N/c1-3-7-15(8-4-1)13-17-11-12-18-14-16-9-5-2-6-10-16;1-3-7-14(8-4-1)11-12-16-13-15-9-5-2-6-10-15/h1-10,17-18H,11-14H2;1-10,16H,11-13H2. The van der Waals surface area contributed by atoms with Crippen LogP contribution < -0.4 is 16.0 Å². The fraction of sp³-hybridized carbons (Fsp3) is 0.226. The van der Waals surface area contributed by atoms with Crippen molar-refractivity contribution in [3.8, 4) is 0 Å². The Morgan fingerprint density at radius 2 is 0.618 bits per heavy atom. The first kappa shape index (κ1) is 25.4. The van der Waals surface area contributed by atoms with Crippen LogP contribution in [-0.2, 0) is 26.1 Å². The molecule has 0 fully saturated rings. The van der Waals surface area contributed by atoms with E-state index in [0.29, 0.717) is 0 Å². The smallest absolute Gasteiger partial charge is 0.0206 e. The van der Waals surface area contributed by atoms with Crippen molar-refractivity contribution in [3.63, 3.8) is 0 Å². The minimum absolute atomic E-state index is 0.938. The summed E-state index contributed by atoms with van der Waals surface area (Å²) < 4.78 is 0. The van der Waals surface area contributed by atoms with Gasteiger partial charge in [0.1, 0.15) is 0 Å². The van der Waals surface area contributed by atoms with Crippen molar-refractivity contribution in [2.75, 3.05) is 19.6 Å². The number of rotatable bonds is 12. The summed E-state index contributed by atoms with van der Waals surface area (Å²) in [6, 6.07) is 42.0. The van der Waals surface area contributed by atoms with Crippen LogP contribution in [0, 0.1) is 0 Å². The average Bonchev–Trinajstić information content (AvgIpc) is 2.91. The lowest BCUT2D eigenvalue weighted by Crippen LogP contribution is -2.26. The van der Waals surface area contributed by atoms with Crippen molar-refractivity contribution < 1.29 is 0 Å². The third kappa shape index (κ3) is 11.1. The van der Waals surface area contributed by atoms with Crippen LogP contribution in [0.15, 0.2) is 121 Å². The molecule has 3 N–H and O–H groups in total. The van der Waals surface area contributed by atoms with Crippen LogP contribution in [-0.4, -0.2) is 19.6 Å². The molecule has 0 aromatic heterocycles. The molecule has 0 saturated carbocycles. The van der Waals surface area contributed by atoms with Crippen molar-refractivity contribution >= 4 is 0 Å². The van der Waals surface area contributed by atoms with Gasteiger partial charge in [0, 0.05) is 32.7 Å². The van der Waals surface area contributed by atoms with Gasteiger partial charge in [-0.1, -0.05) is 121 Å². The van der Waals surface area contributed by atoms with Crippen LogP contribution in [0.25, 0.3) is 0 Å². The molecular weight excluding hydrogens is 414 g/mol. The Morgan fingerprint density at radius 1 is 0.324 bits per heavy atom. The summed E-state index contributed by atoms with van der Waals surface area (Å²) in [4.78, 5) is 0. The Morgan fingerprint density at radius 3 is 0.971 bits per heavy atom. The maximum Gasteiger partial charge on any atom is 0.0206 e. The van der Waals surface area contributed by atoms with Gasteiger partial charge < -0.3 is 16.0 Å². The molecule has 0 heterocycles. The van der Waals surface area contributed by atoms with Gasteiger partial charge in [-0.3, -0.25) is 0 Å². The minimum atomic E-state index is 0.938. The van der Waals surface area contributed by atoms with E-state index in [4.69, 9.17) is 0 Å². The molecule has 0 atom stereocenters. The van der Waals surface area contributed by atoms with Gasteiger partial charge >= 0.3 is 0 Å². The molecule has 0 aliphatic carbocycles. The monoisotopic (exact) mass is 451 g/mol. The predicted octanol–water partition coefficient (Wildman–Crippen LogP) is 5.58. The Labute approximate surface area is 205 Å². The first-order valence-electron chi connectivity index (χ1n) is 12.2. The summed E-state index contributed by atoms with van der Waals surface area (Å²) in [7, 11) is 0. The Hall–Kier alpha value is -3.24. The highest BCUT2D eigenvalue weighted by Crippen LogP contribution is 2.00. The summed E-state index contributed by atoms with van der Waals surface area (Å²) in [5.74, 6) is 0. The molecule has 0 amide bonds. The number of hydrogen-bond donors (Lipinski definition) is 3. The molecule has 0 aliphatic rings. The lowest BCUT2D eigenvalue weighted by Gasteiger charge is -2.06. The van der Waals surface area contributed by atoms with Gasteiger partial charge in [-0.15, -0.1) is 0 Å². The van der Waals surface area contributed by atoms with Crippen LogP contribution in [0.5, 0.6) is 0 Å². The molecule has 0 spiro atoms. The maximum atomic E-state index is 3.45. The summed E-state index contributed by atoms with van der Waals surface area (Å²) >= 11 is 0. The molecule has 0 saturated heterocycles. The predicted molar refractivity (Wildman–Crippen MR) is 145 cm³/mol. The van der Waals surface area contributed by atoms with Crippen LogP contribution in [0.2, 0.25) is 0 Å². The van der Waals surface area contributed by atoms with Crippen molar-refractivity contribution in [1.29, 1.82) is 0 Å². The summed E-state index contributed by atoms with van der Waals surface area (Å²) in [6.45, 7) is 5.83. The van der Waals surface area contributed by atoms with Gasteiger partial charge in [0.2, 0.25) is 0 Å². The van der Waals surface area contributed by atoms with Crippen LogP contribution >= 0.6 is 0 Å². The quantitative estimate of drug-likeness (QED) is 0.246. The molecule has 4 rings (SSSR count). The molecular formula is C31H37N3. The summed E-state index contributed by atoms with van der Waals surface area (Å²) in [5.41, 5.74) is 5.40. The molecule has 3 nitrogen and oxygen atoms in total. The van der Waals surface area contributed by atoms with E-state index in [2.05, 4.69) is 119 Å². The fourth-order valence-corrected chi connectivity index (χ4v) is 3.54. The van der Waals surface area contributed by atoms with Crippen LogP contribution in [0.1, 0.15) is 22.3 Å². The second kappa shape index (κ2) is 16.4. The van der Waals surface area contributed by atoms with E-state index in [-0.39, 0.29) is 0 Å². The summed E-state index contributed by atoms with van der Waals surface area (Å²) in [6.07, 6.45) is 1.09. The average molecular weight is 452 g/mol. The van der Waals surface area contributed by atoms with Crippen molar-refractivity contribution in [3.05, 3.63) is 144 Å². The van der Waals surface area contributed by atoms with Crippen molar-refractivity contribution in [1.82, 2.24) is 16.0 Å². The van der Waals surface area contributed by atoms with Crippen LogP contribution in [0.4, 0.5) is 0 Å². The molecule has 34 heavy (non-hydrogen) atoms. The second-order valence-corrected chi connectivity index (χ2v) is 8.22. The molecule has 0 radical (unpaired) electrons. The van der Waals surface area contributed by atoms with Gasteiger partial charge in [0.05, 0.1) is 0 Å². The van der Waals surface area contributed by atoms with Crippen LogP contribution in [0.3, 0.4) is 0 Å². The number of nitrogens with one attached hydrogen (secondary N) is 3. The van der Waals surface area contributed by atoms with Crippen molar-refractivity contribution in [2.24, 2.45) is 0 Å². The minimum Gasteiger partial charge on any atom is -0.312 e. The highest BCUT2D eigenvalue weighted by molar-refractivity contribution is 5.17. The zero-order valence-electron chi connectivity index (χ0n) is 20.0. The molecule has 3 heteroatoms.